The average Bonchev–Trinajstić information content (AvgIpc) is 3.52. The summed E-state index contributed by atoms with van der Waals surface area (Å²) < 4.78 is 13.6. The van der Waals surface area contributed by atoms with Crippen molar-refractivity contribution in [2.75, 3.05) is 4.90 Å². The monoisotopic (exact) mass is 463 g/mol. The van der Waals surface area contributed by atoms with Crippen LogP contribution in [0.5, 0.6) is 0 Å². The lowest BCUT2D eigenvalue weighted by atomic mass is 9.55. The van der Waals surface area contributed by atoms with Crippen LogP contribution < -0.4 is 4.90 Å². The number of nitrogens with zero attached hydrogens (tertiary/aromatic N) is 1. The third-order valence-electron chi connectivity index (χ3n) is 8.13. The number of benzene rings is 2. The summed E-state index contributed by atoms with van der Waals surface area (Å²) in [7, 11) is 0. The summed E-state index contributed by atoms with van der Waals surface area (Å²) in [6.45, 7) is 0. The molecule has 1 heterocycles. The summed E-state index contributed by atoms with van der Waals surface area (Å²) in [5, 5.41) is 22.0. The number of amides is 1. The third kappa shape index (κ3) is 2.63. The molecule has 2 aromatic carbocycles. The maximum absolute atomic E-state index is 13.8. The highest BCUT2D eigenvalue weighted by atomic mass is 35.5. The van der Waals surface area contributed by atoms with Crippen LogP contribution in [0.3, 0.4) is 0 Å². The number of hydrogen-bond acceptors (Lipinski definition) is 3. The standard InChI is InChI=1S/C27H23ClFNO3/c28-18-3-1-17(2-4-18)26(33)15-13-25(14-16-26)24(32)30(20-7-5-19(29)6-8-20)27(25)22-11-9-21(31)10-12-23(22)27/h1-12,22,31,33H,13-16H2. The number of carbonyl (C=O) groups excluding carboxylic acids is 1. The molecule has 1 amide bonds. The van der Waals surface area contributed by atoms with Gasteiger partial charge in [0.1, 0.15) is 11.6 Å². The topological polar surface area (TPSA) is 60.8 Å². The van der Waals surface area contributed by atoms with E-state index in [0.717, 1.165) is 11.1 Å². The van der Waals surface area contributed by atoms with Gasteiger partial charge in [-0.3, -0.25) is 9.69 Å². The molecule has 2 spiro atoms. The summed E-state index contributed by atoms with van der Waals surface area (Å²) >= 11 is 6.02. The molecule has 6 heteroatoms. The van der Waals surface area contributed by atoms with Gasteiger partial charge in [-0.2, -0.15) is 0 Å². The molecule has 2 N–H and O–H groups in total. The zero-order valence-corrected chi connectivity index (χ0v) is 18.6. The quantitative estimate of drug-likeness (QED) is 0.571. The van der Waals surface area contributed by atoms with Gasteiger partial charge in [-0.25, -0.2) is 4.39 Å². The van der Waals surface area contributed by atoms with Gasteiger partial charge >= 0.3 is 0 Å². The second kappa shape index (κ2) is 6.81. The predicted octanol–water partition coefficient (Wildman–Crippen LogP) is 5.58. The minimum atomic E-state index is -1.01. The van der Waals surface area contributed by atoms with Crippen LogP contribution in [0.4, 0.5) is 10.1 Å². The minimum Gasteiger partial charge on any atom is -0.508 e. The lowest BCUT2D eigenvalue weighted by molar-refractivity contribution is -0.151. The number of hydrogen-bond donors (Lipinski definition) is 2. The van der Waals surface area contributed by atoms with Crippen LogP contribution in [0.1, 0.15) is 31.2 Å². The van der Waals surface area contributed by atoms with Crippen LogP contribution in [0, 0.1) is 17.2 Å². The zero-order chi connectivity index (χ0) is 23.0. The van der Waals surface area contributed by atoms with Crippen molar-refractivity contribution in [1.82, 2.24) is 0 Å². The fourth-order valence-electron chi connectivity index (χ4n) is 6.45. The van der Waals surface area contributed by atoms with E-state index in [2.05, 4.69) is 0 Å². The smallest absolute Gasteiger partial charge is 0.236 e. The van der Waals surface area contributed by atoms with E-state index < -0.39 is 16.6 Å². The van der Waals surface area contributed by atoms with E-state index in [1.54, 1.807) is 41.3 Å². The highest BCUT2D eigenvalue weighted by Crippen LogP contribution is 2.76. The first-order valence-corrected chi connectivity index (χ1v) is 11.6. The van der Waals surface area contributed by atoms with Crippen LogP contribution in [0.25, 0.3) is 0 Å². The maximum atomic E-state index is 13.8. The summed E-state index contributed by atoms with van der Waals surface area (Å²) in [5.74, 6) is -0.178. The Morgan fingerprint density at radius 3 is 2.30 bits per heavy atom. The lowest BCUT2D eigenvalue weighted by Gasteiger charge is -2.61. The normalized spacial score (nSPS) is 34.5. The number of aliphatic hydroxyl groups is 2. The Kier molecular flexibility index (Phi) is 4.27. The van der Waals surface area contributed by atoms with Crippen molar-refractivity contribution in [2.24, 2.45) is 11.3 Å². The van der Waals surface area contributed by atoms with E-state index in [1.165, 1.54) is 12.1 Å². The molecule has 4 aliphatic rings. The van der Waals surface area contributed by atoms with Gasteiger partial charge in [0.25, 0.3) is 0 Å². The summed E-state index contributed by atoms with van der Waals surface area (Å²) in [6, 6.07) is 13.3. The van der Waals surface area contributed by atoms with Crippen LogP contribution in [0.2, 0.25) is 5.02 Å². The van der Waals surface area contributed by atoms with Crippen molar-refractivity contribution < 1.29 is 19.4 Å². The van der Waals surface area contributed by atoms with E-state index in [1.807, 2.05) is 24.3 Å². The number of β-lactam (4-membered cyclic amide) rings is 1. The van der Waals surface area contributed by atoms with Gasteiger partial charge in [0, 0.05) is 16.6 Å². The first-order chi connectivity index (χ1) is 15.8. The van der Waals surface area contributed by atoms with Gasteiger partial charge in [-0.05, 0) is 85.4 Å². The molecular formula is C27H23ClFNO3. The molecule has 4 nitrogen and oxygen atoms in total. The van der Waals surface area contributed by atoms with Gasteiger partial charge in [0.15, 0.2) is 0 Å². The summed E-state index contributed by atoms with van der Waals surface area (Å²) in [4.78, 5) is 15.6. The second-order valence-electron chi connectivity index (χ2n) is 9.55. The molecule has 168 valence electrons. The Morgan fingerprint density at radius 2 is 1.64 bits per heavy atom. The lowest BCUT2D eigenvalue weighted by Crippen LogP contribution is -2.74. The minimum absolute atomic E-state index is 0.0165. The average molecular weight is 464 g/mol. The number of rotatable bonds is 2. The molecule has 3 fully saturated rings. The Bertz CT molecular complexity index is 1240. The molecular weight excluding hydrogens is 441 g/mol. The van der Waals surface area contributed by atoms with E-state index in [4.69, 9.17) is 11.6 Å². The van der Waals surface area contributed by atoms with Crippen molar-refractivity contribution in [1.29, 1.82) is 0 Å². The third-order valence-corrected chi connectivity index (χ3v) is 8.38. The molecule has 3 aliphatic carbocycles. The summed E-state index contributed by atoms with van der Waals surface area (Å²) in [5.41, 5.74) is 0.366. The molecule has 6 rings (SSSR count). The van der Waals surface area contributed by atoms with E-state index >= 15 is 0 Å². The highest BCUT2D eigenvalue weighted by molar-refractivity contribution is 6.30. The number of allylic oxidation sites excluding steroid dienone is 3. The van der Waals surface area contributed by atoms with E-state index in [0.29, 0.717) is 36.4 Å². The fraction of sp³-hybridized carbons (Fsp3) is 0.296. The van der Waals surface area contributed by atoms with Gasteiger partial charge in [0.2, 0.25) is 5.91 Å². The van der Waals surface area contributed by atoms with Gasteiger partial charge < -0.3 is 10.2 Å². The van der Waals surface area contributed by atoms with Crippen LogP contribution in [-0.2, 0) is 10.4 Å². The molecule has 2 unspecified atom stereocenters. The molecule has 1 saturated heterocycles. The summed E-state index contributed by atoms with van der Waals surface area (Å²) in [6.07, 6.45) is 9.20. The van der Waals surface area contributed by atoms with Gasteiger partial charge in [-0.15, -0.1) is 0 Å². The molecule has 2 saturated carbocycles. The Hall–Kier alpha value is -2.89. The van der Waals surface area contributed by atoms with Crippen molar-refractivity contribution in [3.63, 3.8) is 0 Å². The molecule has 0 aromatic heterocycles. The maximum Gasteiger partial charge on any atom is 0.236 e. The first-order valence-electron chi connectivity index (χ1n) is 11.2. The zero-order valence-electron chi connectivity index (χ0n) is 17.8. The van der Waals surface area contributed by atoms with Crippen molar-refractivity contribution in [3.8, 4) is 0 Å². The number of fused-ring (bicyclic) bond motifs is 4. The number of halogens is 2. The molecule has 0 radical (unpaired) electrons. The number of aliphatic hydroxyl groups excluding tert-OH is 1. The van der Waals surface area contributed by atoms with Crippen LogP contribution in [-0.4, -0.2) is 21.7 Å². The fourth-order valence-corrected chi connectivity index (χ4v) is 6.57. The van der Waals surface area contributed by atoms with Crippen LogP contribution >= 0.6 is 11.6 Å². The molecule has 2 aromatic rings. The first kappa shape index (κ1) is 20.7. The predicted molar refractivity (Wildman–Crippen MR) is 124 cm³/mol. The number of carbonyl (C=O) groups is 1. The second-order valence-corrected chi connectivity index (χ2v) is 9.99. The van der Waals surface area contributed by atoms with Crippen LogP contribution in [0.15, 0.2) is 84.2 Å². The molecule has 33 heavy (non-hydrogen) atoms. The van der Waals surface area contributed by atoms with Crippen molar-refractivity contribution in [2.45, 2.75) is 36.8 Å². The molecule has 1 aliphatic heterocycles. The Labute approximate surface area is 196 Å². The Balaban J connectivity index is 1.39. The molecule has 2 atom stereocenters. The Morgan fingerprint density at radius 1 is 0.970 bits per heavy atom. The van der Waals surface area contributed by atoms with Gasteiger partial charge in [0.05, 0.1) is 16.6 Å². The van der Waals surface area contributed by atoms with E-state index in [-0.39, 0.29) is 23.4 Å². The largest absolute Gasteiger partial charge is 0.508 e. The van der Waals surface area contributed by atoms with Gasteiger partial charge in [-0.1, -0.05) is 35.9 Å². The SMILES string of the molecule is O=C1N(c2ccc(F)cc2)C2(C3=CC=C(O)C=CC32)C12CCC(O)(c1ccc(Cl)cc1)CC2. The highest BCUT2D eigenvalue weighted by Gasteiger charge is 2.84. The van der Waals surface area contributed by atoms with Crippen molar-refractivity contribution in [3.05, 3.63) is 101 Å². The molecule has 0 bridgehead atoms. The number of anilines is 1. The van der Waals surface area contributed by atoms with Crippen molar-refractivity contribution >= 4 is 23.2 Å². The van der Waals surface area contributed by atoms with E-state index in [9.17, 15) is 19.4 Å².